The lowest BCUT2D eigenvalue weighted by Gasteiger charge is -2.46. The molecule has 2 aliphatic rings. The molecule has 1 saturated heterocycles. The number of hydrogen-bond acceptors (Lipinski definition) is 3. The molecule has 5 heteroatoms. The highest BCUT2D eigenvalue weighted by Crippen LogP contribution is 2.45. The van der Waals surface area contributed by atoms with Crippen molar-refractivity contribution < 1.29 is 18.6 Å². The summed E-state index contributed by atoms with van der Waals surface area (Å²) >= 11 is 0. The van der Waals surface area contributed by atoms with Gasteiger partial charge in [-0.1, -0.05) is 18.9 Å². The van der Waals surface area contributed by atoms with Crippen molar-refractivity contribution in [3.63, 3.8) is 0 Å². The van der Waals surface area contributed by atoms with Crippen molar-refractivity contribution in [1.29, 1.82) is 0 Å². The van der Waals surface area contributed by atoms with Crippen molar-refractivity contribution in [3.8, 4) is 0 Å². The molecular formula is C16H21F2NO2. The summed E-state index contributed by atoms with van der Waals surface area (Å²) in [5.41, 5.74) is -0.752. The van der Waals surface area contributed by atoms with E-state index in [1.54, 1.807) is 0 Å². The van der Waals surface area contributed by atoms with E-state index in [-0.39, 0.29) is 5.56 Å². The van der Waals surface area contributed by atoms with E-state index in [2.05, 4.69) is 4.90 Å². The van der Waals surface area contributed by atoms with E-state index in [1.807, 2.05) is 0 Å². The van der Waals surface area contributed by atoms with Crippen LogP contribution in [-0.4, -0.2) is 41.8 Å². The Hall–Kier alpha value is -1.04. The van der Waals surface area contributed by atoms with Crippen LogP contribution < -0.4 is 0 Å². The number of nitrogens with zero attached hydrogens (tertiary/aromatic N) is 1. The predicted octanol–water partition coefficient (Wildman–Crippen LogP) is 2.64. The van der Waals surface area contributed by atoms with Crippen molar-refractivity contribution >= 4 is 0 Å². The highest BCUT2D eigenvalue weighted by molar-refractivity contribution is 5.26. The average molecular weight is 297 g/mol. The van der Waals surface area contributed by atoms with Crippen LogP contribution in [0, 0.1) is 11.6 Å². The van der Waals surface area contributed by atoms with E-state index < -0.39 is 23.3 Å². The average Bonchev–Trinajstić information content (AvgIpc) is 2.98. The van der Waals surface area contributed by atoms with Crippen molar-refractivity contribution in [3.05, 3.63) is 35.4 Å². The van der Waals surface area contributed by atoms with Crippen molar-refractivity contribution in [2.45, 2.75) is 37.3 Å². The van der Waals surface area contributed by atoms with Gasteiger partial charge in [-0.2, -0.15) is 0 Å². The molecule has 1 aromatic rings. The van der Waals surface area contributed by atoms with E-state index in [0.29, 0.717) is 26.3 Å². The van der Waals surface area contributed by atoms with Crippen LogP contribution in [-0.2, 0) is 4.74 Å². The molecule has 0 aromatic heterocycles. The maximum Gasteiger partial charge on any atom is 0.132 e. The van der Waals surface area contributed by atoms with Crippen LogP contribution in [0.5, 0.6) is 0 Å². The Bertz CT molecular complexity index is 477. The van der Waals surface area contributed by atoms with Crippen LogP contribution in [0.3, 0.4) is 0 Å². The molecule has 1 atom stereocenters. The molecule has 116 valence electrons. The molecule has 2 fully saturated rings. The van der Waals surface area contributed by atoms with Gasteiger partial charge in [0.15, 0.2) is 0 Å². The minimum absolute atomic E-state index is 0.189. The third-order valence-corrected chi connectivity index (χ3v) is 4.89. The fourth-order valence-electron chi connectivity index (χ4n) is 3.80. The zero-order valence-electron chi connectivity index (χ0n) is 12.0. The Labute approximate surface area is 123 Å². The highest BCUT2D eigenvalue weighted by Gasteiger charge is 2.47. The molecule has 3 rings (SSSR count). The Morgan fingerprint density at radius 2 is 1.67 bits per heavy atom. The molecule has 0 spiro atoms. The van der Waals surface area contributed by atoms with Gasteiger partial charge in [-0.3, -0.25) is 4.90 Å². The van der Waals surface area contributed by atoms with Gasteiger partial charge in [0.1, 0.15) is 17.7 Å². The van der Waals surface area contributed by atoms with Crippen LogP contribution in [0.1, 0.15) is 37.4 Å². The molecule has 1 aromatic carbocycles. The van der Waals surface area contributed by atoms with Crippen LogP contribution in [0.4, 0.5) is 8.78 Å². The van der Waals surface area contributed by atoms with Crippen LogP contribution >= 0.6 is 0 Å². The molecule has 1 N–H and O–H groups in total. The second-order valence-corrected chi connectivity index (χ2v) is 5.95. The fraction of sp³-hybridized carbons (Fsp3) is 0.625. The van der Waals surface area contributed by atoms with Gasteiger partial charge >= 0.3 is 0 Å². The van der Waals surface area contributed by atoms with Gasteiger partial charge in [0.05, 0.1) is 24.3 Å². The second kappa shape index (κ2) is 5.99. The molecule has 1 heterocycles. The molecule has 0 amide bonds. The summed E-state index contributed by atoms with van der Waals surface area (Å²) in [4.78, 5) is 2.17. The Kier molecular flexibility index (Phi) is 4.24. The molecule has 1 aliphatic carbocycles. The second-order valence-electron chi connectivity index (χ2n) is 5.95. The van der Waals surface area contributed by atoms with Gasteiger partial charge in [0.25, 0.3) is 0 Å². The summed E-state index contributed by atoms with van der Waals surface area (Å²) in [5, 5.41) is 10.8. The van der Waals surface area contributed by atoms with Gasteiger partial charge in [-0.25, -0.2) is 8.78 Å². The van der Waals surface area contributed by atoms with Crippen molar-refractivity contribution in [2.75, 3.05) is 26.3 Å². The zero-order valence-corrected chi connectivity index (χ0v) is 12.0. The summed E-state index contributed by atoms with van der Waals surface area (Å²) in [6.45, 7) is 2.61. The number of aliphatic hydroxyl groups excluding tert-OH is 1. The molecule has 1 aliphatic heterocycles. The number of aliphatic hydroxyl groups is 1. The third kappa shape index (κ3) is 2.58. The normalized spacial score (nSPS) is 24.1. The first kappa shape index (κ1) is 14.9. The maximum absolute atomic E-state index is 14.0. The Morgan fingerprint density at radius 3 is 2.24 bits per heavy atom. The Morgan fingerprint density at radius 1 is 1.10 bits per heavy atom. The molecule has 1 unspecified atom stereocenters. The monoisotopic (exact) mass is 297 g/mol. The van der Waals surface area contributed by atoms with E-state index >= 15 is 0 Å². The summed E-state index contributed by atoms with van der Waals surface area (Å²) in [5.74, 6) is -1.33. The molecular weight excluding hydrogens is 276 g/mol. The van der Waals surface area contributed by atoms with Gasteiger partial charge < -0.3 is 9.84 Å². The van der Waals surface area contributed by atoms with E-state index in [1.165, 1.54) is 18.2 Å². The number of ether oxygens (including phenoxy) is 1. The maximum atomic E-state index is 14.0. The standard InChI is InChI=1S/C16H21F2NO2/c17-12-4-3-5-13(18)14(12)15(20)16(6-1-2-7-16)19-8-10-21-11-9-19/h3-5,15,20H,1-2,6-11H2. The van der Waals surface area contributed by atoms with Gasteiger partial charge in [-0.15, -0.1) is 0 Å². The Balaban J connectivity index is 1.96. The van der Waals surface area contributed by atoms with Gasteiger partial charge in [0.2, 0.25) is 0 Å². The van der Waals surface area contributed by atoms with Crippen LogP contribution in [0.2, 0.25) is 0 Å². The summed E-state index contributed by atoms with van der Waals surface area (Å²) in [7, 11) is 0. The lowest BCUT2D eigenvalue weighted by atomic mass is 9.83. The number of benzene rings is 1. The first-order chi connectivity index (χ1) is 10.1. The van der Waals surface area contributed by atoms with Gasteiger partial charge in [0, 0.05) is 13.1 Å². The van der Waals surface area contributed by atoms with Crippen molar-refractivity contribution in [1.82, 2.24) is 4.90 Å². The summed E-state index contributed by atoms with van der Waals surface area (Å²) in [6.07, 6.45) is 2.35. The van der Waals surface area contributed by atoms with E-state index in [4.69, 9.17) is 4.74 Å². The fourth-order valence-corrected chi connectivity index (χ4v) is 3.80. The van der Waals surface area contributed by atoms with Gasteiger partial charge in [-0.05, 0) is 25.0 Å². The topological polar surface area (TPSA) is 32.7 Å². The quantitative estimate of drug-likeness (QED) is 0.931. The third-order valence-electron chi connectivity index (χ3n) is 4.89. The highest BCUT2D eigenvalue weighted by atomic mass is 19.1. The first-order valence-corrected chi connectivity index (χ1v) is 7.60. The molecule has 0 bridgehead atoms. The molecule has 3 nitrogen and oxygen atoms in total. The number of hydrogen-bond donors (Lipinski definition) is 1. The van der Waals surface area contributed by atoms with E-state index in [0.717, 1.165) is 25.7 Å². The molecule has 21 heavy (non-hydrogen) atoms. The van der Waals surface area contributed by atoms with Crippen molar-refractivity contribution in [2.24, 2.45) is 0 Å². The minimum atomic E-state index is -1.14. The first-order valence-electron chi connectivity index (χ1n) is 7.60. The van der Waals surface area contributed by atoms with E-state index in [9.17, 15) is 13.9 Å². The number of morpholine rings is 1. The number of halogens is 2. The SMILES string of the molecule is OC(c1c(F)cccc1F)C1(N2CCOCC2)CCCC1. The lowest BCUT2D eigenvalue weighted by molar-refractivity contribution is -0.0793. The lowest BCUT2D eigenvalue weighted by Crippen LogP contribution is -2.55. The predicted molar refractivity (Wildman–Crippen MR) is 74.9 cm³/mol. The minimum Gasteiger partial charge on any atom is -0.386 e. The van der Waals surface area contributed by atoms with Crippen LogP contribution in [0.15, 0.2) is 18.2 Å². The zero-order chi connectivity index (χ0) is 14.9. The molecule has 0 radical (unpaired) electrons. The summed E-state index contributed by atoms with van der Waals surface area (Å²) in [6, 6.07) is 3.75. The smallest absolute Gasteiger partial charge is 0.132 e. The number of rotatable bonds is 3. The summed E-state index contributed by atoms with van der Waals surface area (Å²) < 4.78 is 33.5. The molecule has 1 saturated carbocycles. The van der Waals surface area contributed by atoms with Crippen LogP contribution in [0.25, 0.3) is 0 Å². The largest absolute Gasteiger partial charge is 0.386 e.